The van der Waals surface area contributed by atoms with Gasteiger partial charge in [0.1, 0.15) is 23.1 Å². The predicted molar refractivity (Wildman–Crippen MR) is 156 cm³/mol. The Bertz CT molecular complexity index is 1510. The zero-order valence-corrected chi connectivity index (χ0v) is 23.0. The van der Waals surface area contributed by atoms with Crippen molar-refractivity contribution in [2.45, 2.75) is 13.3 Å². The average Bonchev–Trinajstić information content (AvgIpc) is 2.93. The van der Waals surface area contributed by atoms with Crippen molar-refractivity contribution in [3.8, 4) is 17.2 Å². The minimum absolute atomic E-state index is 0.0308. The molecule has 0 saturated heterocycles. The third-order valence-corrected chi connectivity index (χ3v) is 5.65. The van der Waals surface area contributed by atoms with E-state index in [1.807, 2.05) is 26.2 Å². The number of ether oxygens (including phenoxy) is 2. The van der Waals surface area contributed by atoms with Crippen molar-refractivity contribution >= 4 is 34.8 Å². The van der Waals surface area contributed by atoms with Crippen LogP contribution in [0.15, 0.2) is 79.1 Å². The second-order valence-corrected chi connectivity index (χ2v) is 9.29. The van der Waals surface area contributed by atoms with Gasteiger partial charge >= 0.3 is 0 Å². The summed E-state index contributed by atoms with van der Waals surface area (Å²) in [7, 11) is 4.00. The molecule has 11 heteroatoms. The number of pyridine rings is 2. The van der Waals surface area contributed by atoms with Crippen LogP contribution in [0.25, 0.3) is 0 Å². The molecule has 0 unspecified atom stereocenters. The van der Waals surface area contributed by atoms with Gasteiger partial charge in [0.2, 0.25) is 5.91 Å². The van der Waals surface area contributed by atoms with E-state index in [1.54, 1.807) is 36.4 Å². The minimum Gasteiger partial charge on any atom is -0.491 e. The van der Waals surface area contributed by atoms with E-state index >= 15 is 0 Å². The Morgan fingerprint density at radius 1 is 0.927 bits per heavy atom. The highest BCUT2D eigenvalue weighted by atomic mass is 19.1. The first-order valence-corrected chi connectivity index (χ1v) is 12.9. The molecule has 2 heterocycles. The Morgan fingerprint density at radius 2 is 1.76 bits per heavy atom. The highest BCUT2D eigenvalue weighted by molar-refractivity contribution is 6.08. The van der Waals surface area contributed by atoms with Crippen LogP contribution in [0, 0.1) is 5.82 Å². The summed E-state index contributed by atoms with van der Waals surface area (Å²) in [4.78, 5) is 34.9. The van der Waals surface area contributed by atoms with Gasteiger partial charge in [-0.3, -0.25) is 9.59 Å². The summed E-state index contributed by atoms with van der Waals surface area (Å²) in [5, 5.41) is 8.44. The van der Waals surface area contributed by atoms with E-state index < -0.39 is 11.7 Å². The number of benzene rings is 2. The Morgan fingerprint density at radius 3 is 2.54 bits per heavy atom. The average molecular weight is 559 g/mol. The Balaban J connectivity index is 1.45. The molecule has 212 valence electrons. The third kappa shape index (κ3) is 8.48. The highest BCUT2D eigenvalue weighted by Crippen LogP contribution is 2.30. The second-order valence-electron chi connectivity index (χ2n) is 9.29. The summed E-state index contributed by atoms with van der Waals surface area (Å²) >= 11 is 0. The quantitative estimate of drug-likeness (QED) is 0.190. The van der Waals surface area contributed by atoms with Gasteiger partial charge < -0.3 is 30.3 Å². The van der Waals surface area contributed by atoms with Gasteiger partial charge in [0, 0.05) is 43.7 Å². The summed E-state index contributed by atoms with van der Waals surface area (Å²) in [6.07, 6.45) is 3.82. The zero-order chi connectivity index (χ0) is 29.2. The molecule has 0 radical (unpaired) electrons. The molecule has 0 saturated carbocycles. The fraction of sp³-hybridized carbons (Fsp3) is 0.200. The van der Waals surface area contributed by atoms with Gasteiger partial charge in [-0.15, -0.1) is 0 Å². The molecule has 0 aliphatic heterocycles. The smallest absolute Gasteiger partial charge is 0.259 e. The summed E-state index contributed by atoms with van der Waals surface area (Å²) in [5.74, 6) is 0.0321. The molecule has 4 aromatic rings. The van der Waals surface area contributed by atoms with Gasteiger partial charge in [0.15, 0.2) is 11.6 Å². The van der Waals surface area contributed by atoms with E-state index in [0.29, 0.717) is 29.5 Å². The van der Waals surface area contributed by atoms with E-state index in [0.717, 1.165) is 13.0 Å². The first-order valence-electron chi connectivity index (χ1n) is 12.9. The number of carbonyl (C=O) groups is 2. The van der Waals surface area contributed by atoms with E-state index in [-0.39, 0.29) is 28.9 Å². The Labute approximate surface area is 237 Å². The van der Waals surface area contributed by atoms with Gasteiger partial charge in [-0.25, -0.2) is 14.4 Å². The van der Waals surface area contributed by atoms with Crippen LogP contribution in [0.4, 0.5) is 27.4 Å². The van der Waals surface area contributed by atoms with Gasteiger partial charge in [-0.05, 0) is 63.0 Å². The predicted octanol–water partition coefficient (Wildman–Crippen LogP) is 5.69. The molecule has 0 spiro atoms. The number of amides is 2. The van der Waals surface area contributed by atoms with Crippen molar-refractivity contribution in [1.82, 2.24) is 14.9 Å². The molecule has 3 N–H and O–H groups in total. The summed E-state index contributed by atoms with van der Waals surface area (Å²) in [6, 6.07) is 17.8. The van der Waals surface area contributed by atoms with Crippen LogP contribution >= 0.6 is 0 Å². The maximum atomic E-state index is 14.9. The topological polar surface area (TPSA) is 118 Å². The number of para-hydroxylation sites is 2. The Kier molecular flexibility index (Phi) is 9.79. The van der Waals surface area contributed by atoms with Crippen LogP contribution in [0.5, 0.6) is 17.2 Å². The lowest BCUT2D eigenvalue weighted by molar-refractivity contribution is -0.114. The van der Waals surface area contributed by atoms with Crippen molar-refractivity contribution < 1.29 is 23.5 Å². The molecule has 2 amide bonds. The fourth-order valence-corrected chi connectivity index (χ4v) is 3.78. The summed E-state index contributed by atoms with van der Waals surface area (Å²) in [5.41, 5.74) is 1.15. The van der Waals surface area contributed by atoms with E-state index in [2.05, 4.69) is 30.8 Å². The van der Waals surface area contributed by atoms with Crippen LogP contribution in [-0.2, 0) is 4.79 Å². The van der Waals surface area contributed by atoms with E-state index in [4.69, 9.17) is 9.47 Å². The van der Waals surface area contributed by atoms with Gasteiger partial charge in [-0.1, -0.05) is 12.1 Å². The monoisotopic (exact) mass is 558 g/mol. The van der Waals surface area contributed by atoms with Gasteiger partial charge in [0.05, 0.1) is 17.9 Å². The number of nitrogens with one attached hydrogen (secondary N) is 3. The van der Waals surface area contributed by atoms with Crippen LogP contribution in [0.1, 0.15) is 23.7 Å². The van der Waals surface area contributed by atoms with Crippen molar-refractivity contribution in [2.75, 3.05) is 43.2 Å². The molecule has 0 aliphatic rings. The molecule has 41 heavy (non-hydrogen) atoms. The lowest BCUT2D eigenvalue weighted by atomic mass is 10.2. The number of anilines is 4. The molecule has 0 atom stereocenters. The molecular weight excluding hydrogens is 527 g/mol. The molecule has 10 nitrogen and oxygen atoms in total. The Hall–Kier alpha value is -5.03. The molecular formula is C30H31FN6O4. The molecule has 0 aliphatic carbocycles. The van der Waals surface area contributed by atoms with Crippen LogP contribution in [0.3, 0.4) is 0 Å². The number of nitrogens with zero attached hydrogens (tertiary/aromatic N) is 3. The first-order chi connectivity index (χ1) is 19.8. The maximum Gasteiger partial charge on any atom is 0.259 e. The molecule has 2 aromatic heterocycles. The van der Waals surface area contributed by atoms with Crippen molar-refractivity contribution in [3.05, 3.63) is 90.5 Å². The number of carbonyl (C=O) groups excluding carboxylic acids is 2. The number of hydrogen-bond acceptors (Lipinski definition) is 8. The van der Waals surface area contributed by atoms with Crippen LogP contribution in [0.2, 0.25) is 0 Å². The molecule has 0 fully saturated rings. The largest absolute Gasteiger partial charge is 0.491 e. The number of rotatable bonds is 12. The standard InChI is InChI=1S/C30H31FN6O4/c1-20(38)34-28-19-22(13-15-32-28)41-26-12-11-21(18-24(26)31)35-29-23(8-6-14-33-29)30(39)36-25-9-4-5-10-27(25)40-17-7-16-37(2)3/h4-6,8-15,18-19H,7,16-17H2,1-3H3,(H,33,35)(H,36,39)(H,32,34,38). The van der Waals surface area contributed by atoms with Crippen molar-refractivity contribution in [2.24, 2.45) is 0 Å². The lowest BCUT2D eigenvalue weighted by Crippen LogP contribution is -2.17. The highest BCUT2D eigenvalue weighted by Gasteiger charge is 2.16. The fourth-order valence-electron chi connectivity index (χ4n) is 3.78. The summed E-state index contributed by atoms with van der Waals surface area (Å²) < 4.78 is 26.5. The van der Waals surface area contributed by atoms with Crippen LogP contribution < -0.4 is 25.4 Å². The molecule has 2 aromatic carbocycles. The van der Waals surface area contributed by atoms with Gasteiger partial charge in [0.25, 0.3) is 5.91 Å². The number of aromatic nitrogens is 2. The SMILES string of the molecule is CC(=O)Nc1cc(Oc2ccc(Nc3ncccc3C(=O)Nc3ccccc3OCCCN(C)C)cc2F)ccn1. The summed E-state index contributed by atoms with van der Waals surface area (Å²) in [6.45, 7) is 2.75. The molecule has 4 rings (SSSR count). The van der Waals surface area contributed by atoms with Crippen molar-refractivity contribution in [3.63, 3.8) is 0 Å². The number of hydrogen-bond donors (Lipinski definition) is 3. The van der Waals surface area contributed by atoms with E-state index in [1.165, 1.54) is 37.5 Å². The van der Waals surface area contributed by atoms with Crippen LogP contribution in [-0.4, -0.2) is 53.9 Å². The third-order valence-electron chi connectivity index (χ3n) is 5.65. The normalized spacial score (nSPS) is 10.7. The van der Waals surface area contributed by atoms with Gasteiger partial charge in [-0.2, -0.15) is 0 Å². The first kappa shape index (κ1) is 29.0. The number of halogens is 1. The zero-order valence-electron chi connectivity index (χ0n) is 23.0. The lowest BCUT2D eigenvalue weighted by Gasteiger charge is -2.15. The maximum absolute atomic E-state index is 14.9. The minimum atomic E-state index is -0.643. The van der Waals surface area contributed by atoms with E-state index in [9.17, 15) is 14.0 Å². The second kappa shape index (κ2) is 13.9. The van der Waals surface area contributed by atoms with Crippen molar-refractivity contribution in [1.29, 1.82) is 0 Å². The molecule has 0 bridgehead atoms.